The highest BCUT2D eigenvalue weighted by molar-refractivity contribution is 5.91. The lowest BCUT2D eigenvalue weighted by Gasteiger charge is -2.22. The lowest BCUT2D eigenvalue weighted by atomic mass is 9.97. The summed E-state index contributed by atoms with van der Waals surface area (Å²) in [6.07, 6.45) is 8.22. The molecule has 0 aliphatic heterocycles. The molecule has 0 spiro atoms. The van der Waals surface area contributed by atoms with E-state index in [2.05, 4.69) is 11.4 Å². The molecule has 25 heavy (non-hydrogen) atoms. The molecule has 5 nitrogen and oxygen atoms in total. The molecule has 0 bridgehead atoms. The van der Waals surface area contributed by atoms with Crippen molar-refractivity contribution in [1.82, 2.24) is 4.90 Å². The number of rotatable bonds is 7. The Kier molecular flexibility index (Phi) is 7.21. The first-order valence-corrected chi connectivity index (χ1v) is 8.82. The van der Waals surface area contributed by atoms with Crippen LogP contribution in [0.1, 0.15) is 51.0 Å². The molecule has 1 aliphatic rings. The molecule has 0 heterocycles. The van der Waals surface area contributed by atoms with Crippen LogP contribution >= 0.6 is 0 Å². The minimum Gasteiger partial charge on any atom is -0.342 e. The van der Waals surface area contributed by atoms with Crippen LogP contribution in [0.15, 0.2) is 35.9 Å². The number of benzene rings is 1. The van der Waals surface area contributed by atoms with E-state index in [1.165, 1.54) is 18.4 Å². The number of carbonyl (C=O) groups is 2. The quantitative estimate of drug-likeness (QED) is 0.771. The number of allylic oxidation sites excluding steroid dienone is 1. The van der Waals surface area contributed by atoms with Crippen molar-refractivity contribution in [3.8, 4) is 6.07 Å². The molecule has 1 aromatic rings. The van der Waals surface area contributed by atoms with Crippen LogP contribution in [-0.2, 0) is 9.59 Å². The number of hydrogen-bond acceptors (Lipinski definition) is 3. The first-order chi connectivity index (χ1) is 12.1. The molecule has 5 heteroatoms. The van der Waals surface area contributed by atoms with Crippen molar-refractivity contribution in [3.05, 3.63) is 41.5 Å². The van der Waals surface area contributed by atoms with Gasteiger partial charge in [0.15, 0.2) is 0 Å². The van der Waals surface area contributed by atoms with Crippen LogP contribution < -0.4 is 5.32 Å². The molecule has 2 amide bonds. The van der Waals surface area contributed by atoms with Gasteiger partial charge in [-0.25, -0.2) is 0 Å². The SMILES string of the molecule is CC(=O)N(CCC(=O)Nc1ccc(C#N)cc1)CCC1=CCCCC1. The second-order valence-corrected chi connectivity index (χ2v) is 6.35. The van der Waals surface area contributed by atoms with E-state index in [4.69, 9.17) is 5.26 Å². The van der Waals surface area contributed by atoms with Crippen LogP contribution in [0.2, 0.25) is 0 Å². The number of nitriles is 1. The highest BCUT2D eigenvalue weighted by Gasteiger charge is 2.13. The summed E-state index contributed by atoms with van der Waals surface area (Å²) in [5.74, 6) is -0.129. The molecule has 1 N–H and O–H groups in total. The minimum absolute atomic E-state index is 0.00239. The zero-order valence-electron chi connectivity index (χ0n) is 14.8. The first kappa shape index (κ1) is 18.7. The van der Waals surface area contributed by atoms with E-state index in [1.54, 1.807) is 36.1 Å². The topological polar surface area (TPSA) is 73.2 Å². The van der Waals surface area contributed by atoms with E-state index < -0.39 is 0 Å². The average Bonchev–Trinajstić information content (AvgIpc) is 2.63. The average molecular weight is 339 g/mol. The van der Waals surface area contributed by atoms with Crippen LogP contribution in [-0.4, -0.2) is 29.8 Å². The number of anilines is 1. The van der Waals surface area contributed by atoms with E-state index in [0.29, 0.717) is 24.3 Å². The summed E-state index contributed by atoms with van der Waals surface area (Å²) in [4.78, 5) is 25.6. The molecule has 0 atom stereocenters. The molecular formula is C20H25N3O2. The van der Waals surface area contributed by atoms with Gasteiger partial charge in [0.05, 0.1) is 11.6 Å². The number of nitrogens with one attached hydrogen (secondary N) is 1. The van der Waals surface area contributed by atoms with Gasteiger partial charge in [-0.15, -0.1) is 0 Å². The Morgan fingerprint density at radius 3 is 2.56 bits per heavy atom. The van der Waals surface area contributed by atoms with Crippen molar-refractivity contribution in [2.24, 2.45) is 0 Å². The molecule has 0 fully saturated rings. The Balaban J connectivity index is 1.78. The number of amides is 2. The van der Waals surface area contributed by atoms with Crippen LogP contribution in [0.3, 0.4) is 0 Å². The molecule has 132 valence electrons. The van der Waals surface area contributed by atoms with Gasteiger partial charge in [-0.3, -0.25) is 9.59 Å². The fourth-order valence-corrected chi connectivity index (χ4v) is 2.93. The second kappa shape index (κ2) is 9.63. The molecule has 1 aromatic carbocycles. The third-order valence-electron chi connectivity index (χ3n) is 4.44. The second-order valence-electron chi connectivity index (χ2n) is 6.35. The molecule has 0 radical (unpaired) electrons. The van der Waals surface area contributed by atoms with Crippen molar-refractivity contribution in [1.29, 1.82) is 5.26 Å². The van der Waals surface area contributed by atoms with Gasteiger partial charge >= 0.3 is 0 Å². The van der Waals surface area contributed by atoms with Crippen molar-refractivity contribution < 1.29 is 9.59 Å². The fraction of sp³-hybridized carbons (Fsp3) is 0.450. The number of nitrogens with zero attached hydrogens (tertiary/aromatic N) is 2. The molecule has 2 rings (SSSR count). The van der Waals surface area contributed by atoms with Gasteiger partial charge < -0.3 is 10.2 Å². The fourth-order valence-electron chi connectivity index (χ4n) is 2.93. The minimum atomic E-state index is -0.132. The lowest BCUT2D eigenvalue weighted by molar-refractivity contribution is -0.129. The van der Waals surface area contributed by atoms with Gasteiger partial charge in [0.1, 0.15) is 0 Å². The van der Waals surface area contributed by atoms with Crippen molar-refractivity contribution in [2.75, 3.05) is 18.4 Å². The van der Waals surface area contributed by atoms with Gasteiger partial charge in [0, 0.05) is 32.1 Å². The molecule has 0 saturated carbocycles. The van der Waals surface area contributed by atoms with E-state index in [0.717, 1.165) is 19.3 Å². The van der Waals surface area contributed by atoms with Crippen molar-refractivity contribution in [2.45, 2.75) is 45.4 Å². The van der Waals surface area contributed by atoms with E-state index in [1.807, 2.05) is 6.07 Å². The maximum absolute atomic E-state index is 12.1. The Labute approximate surface area is 149 Å². The Morgan fingerprint density at radius 2 is 1.96 bits per heavy atom. The van der Waals surface area contributed by atoms with E-state index >= 15 is 0 Å². The van der Waals surface area contributed by atoms with Crippen LogP contribution in [0.25, 0.3) is 0 Å². The molecule has 0 aromatic heterocycles. The van der Waals surface area contributed by atoms with Gasteiger partial charge in [-0.2, -0.15) is 5.26 Å². The third-order valence-corrected chi connectivity index (χ3v) is 4.44. The first-order valence-electron chi connectivity index (χ1n) is 8.82. The van der Waals surface area contributed by atoms with Gasteiger partial charge in [-0.05, 0) is 56.4 Å². The monoisotopic (exact) mass is 339 g/mol. The summed E-state index contributed by atoms with van der Waals surface area (Å²) in [7, 11) is 0. The van der Waals surface area contributed by atoms with Crippen molar-refractivity contribution in [3.63, 3.8) is 0 Å². The highest BCUT2D eigenvalue weighted by atomic mass is 16.2. The largest absolute Gasteiger partial charge is 0.342 e. The van der Waals surface area contributed by atoms with E-state index in [9.17, 15) is 9.59 Å². The standard InChI is InChI=1S/C20H25N3O2/c1-16(24)23(13-11-17-5-3-2-4-6-17)14-12-20(25)22-19-9-7-18(15-21)8-10-19/h5,7-10H,2-4,6,11-14H2,1H3,(H,22,25). The predicted molar refractivity (Wildman–Crippen MR) is 97.8 cm³/mol. The summed E-state index contributed by atoms with van der Waals surface area (Å²) in [6, 6.07) is 8.77. The number of carbonyl (C=O) groups excluding carboxylic acids is 2. The van der Waals surface area contributed by atoms with Crippen LogP contribution in [0.4, 0.5) is 5.69 Å². The smallest absolute Gasteiger partial charge is 0.226 e. The van der Waals surface area contributed by atoms with Crippen LogP contribution in [0, 0.1) is 11.3 Å². The molecule has 1 aliphatic carbocycles. The van der Waals surface area contributed by atoms with Gasteiger partial charge in [-0.1, -0.05) is 11.6 Å². The molecular weight excluding hydrogens is 314 g/mol. The maximum atomic E-state index is 12.1. The zero-order valence-corrected chi connectivity index (χ0v) is 14.8. The zero-order chi connectivity index (χ0) is 18.1. The van der Waals surface area contributed by atoms with Crippen LogP contribution in [0.5, 0.6) is 0 Å². The summed E-state index contributed by atoms with van der Waals surface area (Å²) >= 11 is 0. The maximum Gasteiger partial charge on any atom is 0.226 e. The molecule has 0 unspecified atom stereocenters. The number of hydrogen-bond donors (Lipinski definition) is 1. The third kappa shape index (κ3) is 6.42. The highest BCUT2D eigenvalue weighted by Crippen LogP contribution is 2.20. The van der Waals surface area contributed by atoms with Crippen molar-refractivity contribution >= 4 is 17.5 Å². The lowest BCUT2D eigenvalue weighted by Crippen LogP contribution is -2.33. The normalized spacial score (nSPS) is 13.5. The summed E-state index contributed by atoms with van der Waals surface area (Å²) < 4.78 is 0. The summed E-state index contributed by atoms with van der Waals surface area (Å²) in [5, 5.41) is 11.6. The van der Waals surface area contributed by atoms with Gasteiger partial charge in [0.2, 0.25) is 11.8 Å². The molecule has 0 saturated heterocycles. The van der Waals surface area contributed by atoms with Gasteiger partial charge in [0.25, 0.3) is 0 Å². The predicted octanol–water partition coefficient (Wildman–Crippen LogP) is 3.63. The Morgan fingerprint density at radius 1 is 1.20 bits per heavy atom. The Bertz CT molecular complexity index is 671. The summed E-state index contributed by atoms with van der Waals surface area (Å²) in [6.45, 7) is 2.64. The summed E-state index contributed by atoms with van der Waals surface area (Å²) in [5.41, 5.74) is 2.64. The Hall–Kier alpha value is -2.61. The van der Waals surface area contributed by atoms with E-state index in [-0.39, 0.29) is 18.2 Å².